The second-order valence-electron chi connectivity index (χ2n) is 7.53. The lowest BCUT2D eigenvalue weighted by Gasteiger charge is -2.19. The fourth-order valence-corrected chi connectivity index (χ4v) is 3.54. The van der Waals surface area contributed by atoms with E-state index in [1.165, 1.54) is 30.2 Å². The monoisotopic (exact) mass is 428 g/mol. The van der Waals surface area contributed by atoms with Crippen LogP contribution in [0, 0.1) is 19.7 Å². The Labute approximate surface area is 179 Å². The van der Waals surface area contributed by atoms with Crippen molar-refractivity contribution in [1.29, 1.82) is 0 Å². The molecule has 1 aromatic carbocycles. The predicted molar refractivity (Wildman–Crippen MR) is 115 cm³/mol. The molecular weight excluding hydrogens is 403 g/mol. The van der Waals surface area contributed by atoms with Crippen molar-refractivity contribution in [2.45, 2.75) is 20.0 Å². The summed E-state index contributed by atoms with van der Waals surface area (Å²) in [5.74, 6) is -1.41. The number of methoxy groups -OCH3 is 1. The van der Waals surface area contributed by atoms with Crippen LogP contribution in [0.5, 0.6) is 0 Å². The molecule has 0 saturated carbocycles. The standard InChI is InChI=1S/C22H25FN4O4/c1-11-17(9-15-14-8-13(23)6-7-16(14)26-20(15)28)25-12(2)19(11)21(29)24-10-18(31-5)22(30)27(3)4/h6-9,18,25H,10H2,1-5H3,(H,24,29)(H,26,28)/b15-9-. The van der Waals surface area contributed by atoms with E-state index < -0.39 is 11.9 Å². The first-order valence-corrected chi connectivity index (χ1v) is 9.68. The van der Waals surface area contributed by atoms with Crippen molar-refractivity contribution in [2.24, 2.45) is 0 Å². The molecule has 0 aliphatic carbocycles. The number of hydrogen-bond donors (Lipinski definition) is 3. The third-order valence-electron chi connectivity index (χ3n) is 5.21. The van der Waals surface area contributed by atoms with Crippen molar-refractivity contribution in [3.05, 3.63) is 52.1 Å². The Balaban J connectivity index is 1.86. The van der Waals surface area contributed by atoms with Gasteiger partial charge in [0.05, 0.1) is 17.7 Å². The van der Waals surface area contributed by atoms with E-state index in [1.807, 2.05) is 0 Å². The number of ether oxygens (including phenoxy) is 1. The topological polar surface area (TPSA) is 104 Å². The van der Waals surface area contributed by atoms with Gasteiger partial charge in [0.1, 0.15) is 5.82 Å². The molecule has 0 spiro atoms. The Hall–Kier alpha value is -3.46. The van der Waals surface area contributed by atoms with Crippen LogP contribution in [0.1, 0.15) is 32.9 Å². The Morgan fingerprint density at radius 1 is 1.29 bits per heavy atom. The molecule has 3 amide bonds. The van der Waals surface area contributed by atoms with E-state index in [1.54, 1.807) is 34.0 Å². The number of aryl methyl sites for hydroxylation is 1. The molecule has 1 aliphatic heterocycles. The quantitative estimate of drug-likeness (QED) is 0.613. The number of anilines is 1. The van der Waals surface area contributed by atoms with Gasteiger partial charge in [0.2, 0.25) is 0 Å². The maximum atomic E-state index is 13.7. The lowest BCUT2D eigenvalue weighted by molar-refractivity contribution is -0.138. The number of hydrogen-bond acceptors (Lipinski definition) is 4. The van der Waals surface area contributed by atoms with Gasteiger partial charge in [0.15, 0.2) is 6.10 Å². The number of H-pyrrole nitrogens is 1. The van der Waals surface area contributed by atoms with Crippen LogP contribution in [0.15, 0.2) is 18.2 Å². The molecule has 1 unspecified atom stereocenters. The van der Waals surface area contributed by atoms with E-state index in [-0.39, 0.29) is 24.3 Å². The lowest BCUT2D eigenvalue weighted by atomic mass is 10.0. The molecule has 31 heavy (non-hydrogen) atoms. The molecule has 9 heteroatoms. The fourth-order valence-electron chi connectivity index (χ4n) is 3.54. The smallest absolute Gasteiger partial charge is 0.256 e. The average Bonchev–Trinajstić information content (AvgIpc) is 3.17. The molecule has 8 nitrogen and oxygen atoms in total. The number of nitrogens with one attached hydrogen (secondary N) is 3. The molecule has 3 N–H and O–H groups in total. The summed E-state index contributed by atoms with van der Waals surface area (Å²) in [6, 6.07) is 4.09. The minimum absolute atomic E-state index is 0.0158. The molecule has 0 saturated heterocycles. The number of likely N-dealkylation sites (N-methyl/N-ethyl adjacent to an activating group) is 1. The SMILES string of the molecule is COC(CNC(=O)c1c(C)[nH]c(/C=C2\C(=O)Nc3ccc(F)cc32)c1C)C(=O)N(C)C. The van der Waals surface area contributed by atoms with Crippen LogP contribution in [0.25, 0.3) is 11.6 Å². The Kier molecular flexibility index (Phi) is 6.26. The zero-order valence-corrected chi connectivity index (χ0v) is 18.1. The largest absolute Gasteiger partial charge is 0.370 e. The van der Waals surface area contributed by atoms with Gasteiger partial charge in [-0.05, 0) is 43.7 Å². The Bertz CT molecular complexity index is 1090. The van der Waals surface area contributed by atoms with Crippen molar-refractivity contribution in [3.63, 3.8) is 0 Å². The summed E-state index contributed by atoms with van der Waals surface area (Å²) in [6.07, 6.45) is 0.807. The van der Waals surface area contributed by atoms with Crippen molar-refractivity contribution in [1.82, 2.24) is 15.2 Å². The van der Waals surface area contributed by atoms with Crippen LogP contribution in [-0.4, -0.2) is 61.5 Å². The Morgan fingerprint density at radius 3 is 2.65 bits per heavy atom. The summed E-state index contributed by atoms with van der Waals surface area (Å²) in [7, 11) is 4.63. The number of carbonyl (C=O) groups excluding carboxylic acids is 3. The molecule has 0 fully saturated rings. The van der Waals surface area contributed by atoms with Gasteiger partial charge in [-0.3, -0.25) is 14.4 Å². The van der Waals surface area contributed by atoms with Crippen LogP contribution in [-0.2, 0) is 14.3 Å². The summed E-state index contributed by atoms with van der Waals surface area (Å²) >= 11 is 0. The summed E-state index contributed by atoms with van der Waals surface area (Å²) < 4.78 is 18.8. The van der Waals surface area contributed by atoms with E-state index in [0.717, 1.165) is 0 Å². The number of amides is 3. The highest BCUT2D eigenvalue weighted by Crippen LogP contribution is 2.34. The summed E-state index contributed by atoms with van der Waals surface area (Å²) in [6.45, 7) is 3.51. The zero-order valence-electron chi connectivity index (χ0n) is 18.1. The van der Waals surface area contributed by atoms with Gasteiger partial charge in [-0.25, -0.2) is 4.39 Å². The van der Waals surface area contributed by atoms with Crippen molar-refractivity contribution in [3.8, 4) is 0 Å². The fraction of sp³-hybridized carbons (Fsp3) is 0.318. The summed E-state index contributed by atoms with van der Waals surface area (Å²) in [5, 5.41) is 5.43. The number of nitrogens with zero attached hydrogens (tertiary/aromatic N) is 1. The second-order valence-corrected chi connectivity index (χ2v) is 7.53. The first kappa shape index (κ1) is 22.2. The molecule has 3 rings (SSSR count). The van der Waals surface area contributed by atoms with Crippen molar-refractivity contribution in [2.75, 3.05) is 33.1 Å². The maximum Gasteiger partial charge on any atom is 0.256 e. The van der Waals surface area contributed by atoms with E-state index in [4.69, 9.17) is 4.74 Å². The minimum atomic E-state index is -0.798. The second kappa shape index (κ2) is 8.73. The van der Waals surface area contributed by atoms with Crippen LogP contribution in [0.4, 0.5) is 10.1 Å². The predicted octanol–water partition coefficient (Wildman–Crippen LogP) is 2.10. The molecule has 1 atom stereocenters. The average molecular weight is 428 g/mol. The van der Waals surface area contributed by atoms with Gasteiger partial charge in [-0.1, -0.05) is 0 Å². The number of fused-ring (bicyclic) bond motifs is 1. The van der Waals surface area contributed by atoms with Crippen molar-refractivity contribution >= 4 is 35.1 Å². The van der Waals surface area contributed by atoms with Gasteiger partial charge in [0.25, 0.3) is 17.7 Å². The number of rotatable bonds is 6. The lowest BCUT2D eigenvalue weighted by Crippen LogP contribution is -2.43. The van der Waals surface area contributed by atoms with Gasteiger partial charge < -0.3 is 25.3 Å². The number of carbonyl (C=O) groups is 3. The highest BCUT2D eigenvalue weighted by Gasteiger charge is 2.27. The molecular formula is C22H25FN4O4. The van der Waals surface area contributed by atoms with Crippen LogP contribution in [0.2, 0.25) is 0 Å². The van der Waals surface area contributed by atoms with E-state index >= 15 is 0 Å². The van der Waals surface area contributed by atoms with Crippen LogP contribution < -0.4 is 10.6 Å². The number of aromatic amines is 1. The summed E-state index contributed by atoms with van der Waals surface area (Å²) in [4.78, 5) is 41.8. The third kappa shape index (κ3) is 4.36. The third-order valence-corrected chi connectivity index (χ3v) is 5.21. The molecule has 164 valence electrons. The highest BCUT2D eigenvalue weighted by atomic mass is 19.1. The van der Waals surface area contributed by atoms with Gasteiger partial charge in [-0.2, -0.15) is 0 Å². The molecule has 0 bridgehead atoms. The van der Waals surface area contributed by atoms with Gasteiger partial charge in [-0.15, -0.1) is 0 Å². The molecule has 1 aliphatic rings. The van der Waals surface area contributed by atoms with Crippen LogP contribution in [0.3, 0.4) is 0 Å². The van der Waals surface area contributed by atoms with Crippen LogP contribution >= 0.6 is 0 Å². The molecule has 2 heterocycles. The van der Waals surface area contributed by atoms with E-state index in [9.17, 15) is 18.8 Å². The first-order valence-electron chi connectivity index (χ1n) is 9.68. The molecule has 2 aromatic rings. The van der Waals surface area contributed by atoms with Gasteiger partial charge >= 0.3 is 0 Å². The number of benzene rings is 1. The molecule has 0 radical (unpaired) electrons. The van der Waals surface area contributed by atoms with Gasteiger partial charge in [0, 0.05) is 43.8 Å². The first-order chi connectivity index (χ1) is 14.6. The zero-order chi connectivity index (χ0) is 22.9. The minimum Gasteiger partial charge on any atom is -0.370 e. The van der Waals surface area contributed by atoms with E-state index in [2.05, 4.69) is 15.6 Å². The summed E-state index contributed by atoms with van der Waals surface area (Å²) in [5.41, 5.74) is 3.53. The highest BCUT2D eigenvalue weighted by molar-refractivity contribution is 6.34. The van der Waals surface area contributed by atoms with E-state index in [0.29, 0.717) is 39.3 Å². The Morgan fingerprint density at radius 2 is 2.00 bits per heavy atom. The number of halogens is 1. The van der Waals surface area contributed by atoms with Crippen molar-refractivity contribution < 1.29 is 23.5 Å². The number of aromatic nitrogens is 1. The molecule has 1 aromatic heterocycles. The normalized spacial score (nSPS) is 14.9. The maximum absolute atomic E-state index is 13.7.